The van der Waals surface area contributed by atoms with Gasteiger partial charge in [-0.05, 0) is 37.3 Å². The zero-order valence-electron chi connectivity index (χ0n) is 15.0. The first-order valence-corrected chi connectivity index (χ1v) is 7.87. The molecule has 0 atom stereocenters. The minimum absolute atomic E-state index is 0. The molecule has 25 heavy (non-hydrogen) atoms. The van der Waals surface area contributed by atoms with Crippen LogP contribution in [0.4, 0.5) is 0 Å². The topological polar surface area (TPSA) is 76.2 Å². The SMILES string of the molecule is Cc1ccc(-c2c(CN)c(CC(C)C)nc(C)c2C(=O)O)cc1.Cl.Cl. The largest absolute Gasteiger partial charge is 0.478 e. The van der Waals surface area contributed by atoms with Crippen molar-refractivity contribution in [3.05, 3.63) is 52.3 Å². The molecule has 1 heterocycles. The van der Waals surface area contributed by atoms with Crippen LogP contribution in [0.25, 0.3) is 11.1 Å². The Kier molecular flexibility index (Phi) is 9.12. The molecular formula is C19H26Cl2N2O2. The predicted molar refractivity (Wildman–Crippen MR) is 107 cm³/mol. The van der Waals surface area contributed by atoms with Crippen molar-refractivity contribution in [2.24, 2.45) is 11.7 Å². The van der Waals surface area contributed by atoms with Crippen molar-refractivity contribution in [1.82, 2.24) is 4.98 Å². The molecule has 0 radical (unpaired) electrons. The van der Waals surface area contributed by atoms with Crippen LogP contribution in [0.2, 0.25) is 0 Å². The van der Waals surface area contributed by atoms with Gasteiger partial charge in [-0.1, -0.05) is 43.7 Å². The molecule has 1 aromatic carbocycles. The molecule has 0 fully saturated rings. The van der Waals surface area contributed by atoms with Gasteiger partial charge in [-0.3, -0.25) is 4.98 Å². The van der Waals surface area contributed by atoms with Crippen LogP contribution in [0.15, 0.2) is 24.3 Å². The fourth-order valence-electron chi connectivity index (χ4n) is 2.88. The molecule has 3 N–H and O–H groups in total. The second kappa shape index (κ2) is 9.76. The van der Waals surface area contributed by atoms with Crippen LogP contribution in [0.1, 0.15) is 46.7 Å². The molecule has 2 aromatic rings. The maximum absolute atomic E-state index is 11.8. The molecule has 0 bridgehead atoms. The number of carboxylic acid groups (broad SMARTS) is 1. The van der Waals surface area contributed by atoms with E-state index in [-0.39, 0.29) is 36.9 Å². The van der Waals surface area contributed by atoms with E-state index in [2.05, 4.69) is 18.8 Å². The molecular weight excluding hydrogens is 359 g/mol. The lowest BCUT2D eigenvalue weighted by atomic mass is 9.90. The smallest absolute Gasteiger partial charge is 0.338 e. The van der Waals surface area contributed by atoms with Gasteiger partial charge in [0.25, 0.3) is 0 Å². The van der Waals surface area contributed by atoms with Gasteiger partial charge in [0.15, 0.2) is 0 Å². The van der Waals surface area contributed by atoms with Gasteiger partial charge in [0.2, 0.25) is 0 Å². The lowest BCUT2D eigenvalue weighted by molar-refractivity contribution is 0.0696. The van der Waals surface area contributed by atoms with Crippen LogP contribution in [0.3, 0.4) is 0 Å². The standard InChI is InChI=1S/C19H24N2O2.2ClH/c1-11(2)9-16-15(10-20)18(14-7-5-12(3)6-8-14)17(19(22)23)13(4)21-16;;/h5-8,11H,9-10,20H2,1-4H3,(H,22,23);2*1H. The molecule has 0 aliphatic heterocycles. The highest BCUT2D eigenvalue weighted by Crippen LogP contribution is 2.32. The van der Waals surface area contributed by atoms with E-state index in [1.807, 2.05) is 31.2 Å². The van der Waals surface area contributed by atoms with Gasteiger partial charge in [0.05, 0.1) is 11.3 Å². The van der Waals surface area contributed by atoms with Crippen molar-refractivity contribution >= 4 is 30.8 Å². The summed E-state index contributed by atoms with van der Waals surface area (Å²) in [5, 5.41) is 9.67. The monoisotopic (exact) mass is 384 g/mol. The van der Waals surface area contributed by atoms with Crippen molar-refractivity contribution in [1.29, 1.82) is 0 Å². The summed E-state index contributed by atoms with van der Waals surface area (Å²) in [7, 11) is 0. The van der Waals surface area contributed by atoms with E-state index in [0.717, 1.165) is 28.8 Å². The van der Waals surface area contributed by atoms with Crippen LogP contribution in [0, 0.1) is 19.8 Å². The number of halogens is 2. The zero-order valence-corrected chi connectivity index (χ0v) is 16.6. The number of carbonyl (C=O) groups is 1. The molecule has 0 saturated heterocycles. The Balaban J connectivity index is 0.00000288. The van der Waals surface area contributed by atoms with E-state index in [4.69, 9.17) is 5.73 Å². The Labute approximate surface area is 161 Å². The molecule has 0 spiro atoms. The lowest BCUT2D eigenvalue weighted by Crippen LogP contribution is -2.15. The Hall–Kier alpha value is -1.62. The van der Waals surface area contributed by atoms with E-state index < -0.39 is 5.97 Å². The minimum atomic E-state index is -0.962. The number of rotatable bonds is 5. The normalized spacial score (nSPS) is 10.2. The molecule has 1 aromatic heterocycles. The maximum Gasteiger partial charge on any atom is 0.338 e. The minimum Gasteiger partial charge on any atom is -0.478 e. The summed E-state index contributed by atoms with van der Waals surface area (Å²) in [5.74, 6) is -0.537. The molecule has 0 saturated carbocycles. The predicted octanol–water partition coefficient (Wildman–Crippen LogP) is 4.56. The third-order valence-electron chi connectivity index (χ3n) is 3.92. The van der Waals surface area contributed by atoms with Crippen LogP contribution in [-0.4, -0.2) is 16.1 Å². The fraction of sp³-hybridized carbons (Fsp3) is 0.368. The van der Waals surface area contributed by atoms with Gasteiger partial charge in [-0.2, -0.15) is 0 Å². The zero-order chi connectivity index (χ0) is 17.1. The van der Waals surface area contributed by atoms with E-state index in [1.165, 1.54) is 0 Å². The average molecular weight is 385 g/mol. The van der Waals surface area contributed by atoms with E-state index in [0.29, 0.717) is 17.2 Å². The Morgan fingerprint density at radius 2 is 1.72 bits per heavy atom. The Morgan fingerprint density at radius 1 is 1.16 bits per heavy atom. The molecule has 138 valence electrons. The number of nitrogens with two attached hydrogens (primary N) is 1. The Bertz CT molecular complexity index is 729. The third-order valence-corrected chi connectivity index (χ3v) is 3.92. The number of aryl methyl sites for hydroxylation is 2. The van der Waals surface area contributed by atoms with Crippen molar-refractivity contribution in [2.75, 3.05) is 0 Å². The lowest BCUT2D eigenvalue weighted by Gasteiger charge is -2.19. The van der Waals surface area contributed by atoms with Crippen LogP contribution in [0.5, 0.6) is 0 Å². The summed E-state index contributed by atoms with van der Waals surface area (Å²) >= 11 is 0. The second-order valence-electron chi connectivity index (χ2n) is 6.35. The first-order valence-electron chi connectivity index (χ1n) is 7.87. The number of aromatic carboxylic acids is 1. The number of nitrogens with zero attached hydrogens (tertiary/aromatic N) is 1. The number of aromatic nitrogens is 1. The number of hydrogen-bond donors (Lipinski definition) is 2. The number of hydrogen-bond acceptors (Lipinski definition) is 3. The summed E-state index contributed by atoms with van der Waals surface area (Å²) in [6.07, 6.45) is 0.784. The molecule has 6 heteroatoms. The van der Waals surface area contributed by atoms with Crippen LogP contribution in [-0.2, 0) is 13.0 Å². The number of pyridine rings is 1. The maximum atomic E-state index is 11.8. The molecule has 2 rings (SSSR count). The highest BCUT2D eigenvalue weighted by Gasteiger charge is 2.22. The molecule has 4 nitrogen and oxygen atoms in total. The summed E-state index contributed by atoms with van der Waals surface area (Å²) in [5.41, 5.74) is 11.2. The van der Waals surface area contributed by atoms with Gasteiger partial charge in [0, 0.05) is 17.8 Å². The van der Waals surface area contributed by atoms with Gasteiger partial charge in [-0.15, -0.1) is 24.8 Å². The van der Waals surface area contributed by atoms with Gasteiger partial charge >= 0.3 is 5.97 Å². The van der Waals surface area contributed by atoms with E-state index in [1.54, 1.807) is 6.92 Å². The van der Waals surface area contributed by atoms with E-state index >= 15 is 0 Å². The Morgan fingerprint density at radius 3 is 2.16 bits per heavy atom. The molecule has 0 aliphatic rings. The van der Waals surface area contributed by atoms with Crippen molar-refractivity contribution in [3.8, 4) is 11.1 Å². The first kappa shape index (κ1) is 23.4. The summed E-state index contributed by atoms with van der Waals surface area (Å²) in [6, 6.07) is 7.88. The van der Waals surface area contributed by atoms with Gasteiger partial charge < -0.3 is 10.8 Å². The molecule has 0 amide bonds. The third kappa shape index (κ3) is 5.18. The summed E-state index contributed by atoms with van der Waals surface area (Å²) < 4.78 is 0. The highest BCUT2D eigenvalue weighted by atomic mass is 35.5. The van der Waals surface area contributed by atoms with Crippen LogP contribution >= 0.6 is 24.8 Å². The van der Waals surface area contributed by atoms with E-state index in [9.17, 15) is 9.90 Å². The summed E-state index contributed by atoms with van der Waals surface area (Å²) in [6.45, 7) is 8.28. The first-order chi connectivity index (χ1) is 10.8. The summed E-state index contributed by atoms with van der Waals surface area (Å²) in [4.78, 5) is 16.4. The fourth-order valence-corrected chi connectivity index (χ4v) is 2.88. The number of benzene rings is 1. The number of carboxylic acids is 1. The molecule has 0 unspecified atom stereocenters. The quantitative estimate of drug-likeness (QED) is 0.791. The van der Waals surface area contributed by atoms with Crippen molar-refractivity contribution in [2.45, 2.75) is 40.7 Å². The van der Waals surface area contributed by atoms with Crippen molar-refractivity contribution < 1.29 is 9.90 Å². The molecule has 0 aliphatic carbocycles. The average Bonchev–Trinajstić information content (AvgIpc) is 2.46. The van der Waals surface area contributed by atoms with Crippen LogP contribution < -0.4 is 5.73 Å². The second-order valence-corrected chi connectivity index (χ2v) is 6.35. The van der Waals surface area contributed by atoms with Gasteiger partial charge in [0.1, 0.15) is 0 Å². The highest BCUT2D eigenvalue weighted by molar-refractivity contribution is 5.98. The van der Waals surface area contributed by atoms with Crippen molar-refractivity contribution in [3.63, 3.8) is 0 Å². The van der Waals surface area contributed by atoms with Gasteiger partial charge in [-0.25, -0.2) is 4.79 Å².